The summed E-state index contributed by atoms with van der Waals surface area (Å²) in [6.07, 6.45) is 0. The summed E-state index contributed by atoms with van der Waals surface area (Å²) in [6.45, 7) is 8.73. The number of Topliss-reactive ketones (excluding diaryl/α,β-unsaturated/α-hetero) is 1. The van der Waals surface area contributed by atoms with E-state index in [0.29, 0.717) is 30.7 Å². The Labute approximate surface area is 125 Å². The molecule has 0 saturated carbocycles. The van der Waals surface area contributed by atoms with Gasteiger partial charge >= 0.3 is 0 Å². The molecule has 0 spiro atoms. The maximum atomic E-state index is 13.5. The van der Waals surface area contributed by atoms with Gasteiger partial charge in [0.2, 0.25) is 0 Å². The Morgan fingerprint density at radius 2 is 1.76 bits per heavy atom. The third-order valence-electron chi connectivity index (χ3n) is 2.79. The number of benzene rings is 1. The largest absolute Gasteiger partial charge is 0.492 e. The van der Waals surface area contributed by atoms with Gasteiger partial charge in [-0.1, -0.05) is 27.7 Å². The summed E-state index contributed by atoms with van der Waals surface area (Å²) in [5.74, 6) is 0.124. The van der Waals surface area contributed by atoms with Crippen LogP contribution >= 0.6 is 0 Å². The SMILES string of the molecule is CC(C)NCCOc1cc(F)cc(OCC(=O)C(C)C)c1. The van der Waals surface area contributed by atoms with E-state index in [-0.39, 0.29) is 18.3 Å². The van der Waals surface area contributed by atoms with Gasteiger partial charge in [-0.2, -0.15) is 0 Å². The number of ether oxygens (including phenoxy) is 2. The number of nitrogens with one attached hydrogen (secondary N) is 1. The fraction of sp³-hybridized carbons (Fsp3) is 0.562. The van der Waals surface area contributed by atoms with Crippen molar-refractivity contribution in [2.24, 2.45) is 5.92 Å². The summed E-state index contributed by atoms with van der Waals surface area (Å²) in [5.41, 5.74) is 0. The van der Waals surface area contributed by atoms with Gasteiger partial charge in [-0.25, -0.2) is 4.39 Å². The van der Waals surface area contributed by atoms with Crippen molar-refractivity contribution in [3.05, 3.63) is 24.0 Å². The highest BCUT2D eigenvalue weighted by atomic mass is 19.1. The first-order valence-corrected chi connectivity index (χ1v) is 7.20. The molecule has 0 aliphatic carbocycles. The molecule has 1 N–H and O–H groups in total. The molecule has 21 heavy (non-hydrogen) atoms. The first-order chi connectivity index (χ1) is 9.88. The lowest BCUT2D eigenvalue weighted by molar-refractivity contribution is -0.123. The number of ketones is 1. The average Bonchev–Trinajstić information content (AvgIpc) is 2.40. The summed E-state index contributed by atoms with van der Waals surface area (Å²) in [6, 6.07) is 4.51. The van der Waals surface area contributed by atoms with Crippen LogP contribution in [0.5, 0.6) is 11.5 Å². The van der Waals surface area contributed by atoms with E-state index in [9.17, 15) is 9.18 Å². The third-order valence-corrected chi connectivity index (χ3v) is 2.79. The standard InChI is InChI=1S/C16H24FNO3/c1-11(2)16(19)10-21-15-8-13(17)7-14(9-15)20-6-5-18-12(3)4/h7-9,11-12,18H,5-6,10H2,1-4H3. The molecule has 1 aromatic carbocycles. The Kier molecular flexibility index (Phi) is 7.15. The number of rotatable bonds is 9. The highest BCUT2D eigenvalue weighted by molar-refractivity contribution is 5.81. The van der Waals surface area contributed by atoms with Gasteiger partial charge in [0.1, 0.15) is 30.5 Å². The van der Waals surface area contributed by atoms with Crippen molar-refractivity contribution in [3.63, 3.8) is 0 Å². The highest BCUT2D eigenvalue weighted by Gasteiger charge is 2.09. The van der Waals surface area contributed by atoms with E-state index in [1.54, 1.807) is 19.9 Å². The van der Waals surface area contributed by atoms with Crippen molar-refractivity contribution in [2.75, 3.05) is 19.8 Å². The van der Waals surface area contributed by atoms with Crippen molar-refractivity contribution in [1.29, 1.82) is 0 Å². The predicted octanol–water partition coefficient (Wildman–Crippen LogP) is 2.81. The van der Waals surface area contributed by atoms with Crippen LogP contribution in [0.3, 0.4) is 0 Å². The summed E-state index contributed by atoms with van der Waals surface area (Å²) in [7, 11) is 0. The van der Waals surface area contributed by atoms with Gasteiger partial charge in [0.05, 0.1) is 0 Å². The smallest absolute Gasteiger partial charge is 0.172 e. The van der Waals surface area contributed by atoms with Gasteiger partial charge in [0.25, 0.3) is 0 Å². The average molecular weight is 297 g/mol. The molecule has 118 valence electrons. The maximum Gasteiger partial charge on any atom is 0.172 e. The van der Waals surface area contributed by atoms with E-state index in [4.69, 9.17) is 9.47 Å². The summed E-state index contributed by atoms with van der Waals surface area (Å²) in [5, 5.41) is 3.20. The molecule has 5 heteroatoms. The molecule has 0 atom stereocenters. The van der Waals surface area contributed by atoms with Crippen molar-refractivity contribution >= 4 is 5.78 Å². The summed E-state index contributed by atoms with van der Waals surface area (Å²) >= 11 is 0. The van der Waals surface area contributed by atoms with Crippen LogP contribution in [0.15, 0.2) is 18.2 Å². The molecule has 0 aliphatic heterocycles. The van der Waals surface area contributed by atoms with E-state index in [2.05, 4.69) is 5.32 Å². The monoisotopic (exact) mass is 297 g/mol. The Balaban J connectivity index is 2.52. The molecule has 1 aromatic rings. The molecular weight excluding hydrogens is 273 g/mol. The molecule has 0 heterocycles. The Morgan fingerprint density at radius 1 is 1.14 bits per heavy atom. The van der Waals surface area contributed by atoms with E-state index in [0.717, 1.165) is 0 Å². The van der Waals surface area contributed by atoms with Gasteiger partial charge in [-0.15, -0.1) is 0 Å². The normalized spacial score (nSPS) is 11.0. The Bertz CT molecular complexity index is 461. The van der Waals surface area contributed by atoms with Crippen LogP contribution in [0.1, 0.15) is 27.7 Å². The van der Waals surface area contributed by atoms with Crippen LogP contribution in [-0.4, -0.2) is 31.6 Å². The van der Waals surface area contributed by atoms with Gasteiger partial charge in [-0.05, 0) is 0 Å². The van der Waals surface area contributed by atoms with Crippen molar-refractivity contribution in [1.82, 2.24) is 5.32 Å². The minimum Gasteiger partial charge on any atom is -0.492 e. The molecule has 0 unspecified atom stereocenters. The second kappa shape index (κ2) is 8.62. The predicted molar refractivity (Wildman–Crippen MR) is 80.4 cm³/mol. The minimum atomic E-state index is -0.448. The van der Waals surface area contributed by atoms with Crippen molar-refractivity contribution in [3.8, 4) is 11.5 Å². The molecule has 4 nitrogen and oxygen atoms in total. The second-order valence-corrected chi connectivity index (χ2v) is 5.49. The number of hydrogen-bond donors (Lipinski definition) is 1. The number of hydrogen-bond acceptors (Lipinski definition) is 4. The zero-order chi connectivity index (χ0) is 15.8. The molecule has 0 saturated heterocycles. The quantitative estimate of drug-likeness (QED) is 0.712. The van der Waals surface area contributed by atoms with Gasteiger partial charge < -0.3 is 14.8 Å². The summed E-state index contributed by atoms with van der Waals surface area (Å²) < 4.78 is 24.3. The van der Waals surface area contributed by atoms with Gasteiger partial charge in [0, 0.05) is 36.7 Å². The van der Waals surface area contributed by atoms with E-state index < -0.39 is 5.82 Å². The highest BCUT2D eigenvalue weighted by Crippen LogP contribution is 2.22. The van der Waals surface area contributed by atoms with Crippen LogP contribution in [-0.2, 0) is 4.79 Å². The van der Waals surface area contributed by atoms with Crippen molar-refractivity contribution < 1.29 is 18.7 Å². The van der Waals surface area contributed by atoms with Crippen LogP contribution in [0.4, 0.5) is 4.39 Å². The van der Waals surface area contributed by atoms with Crippen LogP contribution in [0, 0.1) is 11.7 Å². The molecule has 0 fully saturated rings. The Hall–Kier alpha value is -1.62. The lowest BCUT2D eigenvalue weighted by atomic mass is 10.1. The van der Waals surface area contributed by atoms with Crippen molar-refractivity contribution in [2.45, 2.75) is 33.7 Å². The fourth-order valence-corrected chi connectivity index (χ4v) is 1.54. The molecular formula is C16H24FNO3. The molecule has 0 bridgehead atoms. The molecule has 0 aromatic heterocycles. The molecule has 0 amide bonds. The number of halogens is 1. The van der Waals surface area contributed by atoms with Crippen LogP contribution < -0.4 is 14.8 Å². The maximum absolute atomic E-state index is 13.5. The van der Waals surface area contributed by atoms with E-state index in [1.165, 1.54) is 12.1 Å². The summed E-state index contributed by atoms with van der Waals surface area (Å²) in [4.78, 5) is 11.5. The molecule has 0 aliphatic rings. The third kappa shape index (κ3) is 7.09. The lowest BCUT2D eigenvalue weighted by Gasteiger charge is -2.12. The molecule has 1 rings (SSSR count). The first-order valence-electron chi connectivity index (χ1n) is 7.20. The van der Waals surface area contributed by atoms with Crippen LogP contribution in [0.2, 0.25) is 0 Å². The second-order valence-electron chi connectivity index (χ2n) is 5.49. The Morgan fingerprint density at radius 3 is 2.33 bits per heavy atom. The fourth-order valence-electron chi connectivity index (χ4n) is 1.54. The minimum absolute atomic E-state index is 0.0251. The zero-order valence-electron chi connectivity index (χ0n) is 13.1. The van der Waals surface area contributed by atoms with E-state index >= 15 is 0 Å². The lowest BCUT2D eigenvalue weighted by Crippen LogP contribution is -2.27. The van der Waals surface area contributed by atoms with E-state index in [1.807, 2.05) is 13.8 Å². The van der Waals surface area contributed by atoms with Gasteiger partial charge in [-0.3, -0.25) is 4.79 Å². The van der Waals surface area contributed by atoms with Crippen LogP contribution in [0.25, 0.3) is 0 Å². The topological polar surface area (TPSA) is 47.6 Å². The number of carbonyl (C=O) groups excluding carboxylic acids is 1. The number of carbonyl (C=O) groups is 1. The zero-order valence-corrected chi connectivity index (χ0v) is 13.1. The first kappa shape index (κ1) is 17.4. The van der Waals surface area contributed by atoms with Gasteiger partial charge in [0.15, 0.2) is 5.78 Å². The molecule has 0 radical (unpaired) electrons.